The predicted octanol–water partition coefficient (Wildman–Crippen LogP) is 0.808. The van der Waals surface area contributed by atoms with Crippen LogP contribution in [0.4, 0.5) is 0 Å². The van der Waals surface area contributed by atoms with Gasteiger partial charge in [-0.15, -0.1) is 24.0 Å². The molecule has 0 fully saturated rings. The van der Waals surface area contributed by atoms with Crippen LogP contribution in [0, 0.1) is 0 Å². The second kappa shape index (κ2) is 8.83. The third-order valence-corrected chi connectivity index (χ3v) is 0. The van der Waals surface area contributed by atoms with Crippen molar-refractivity contribution in [2.75, 3.05) is 0 Å². The molecule has 0 rings (SSSR count). The molecule has 0 aromatic heterocycles. The van der Waals surface area contributed by atoms with Gasteiger partial charge in [0.2, 0.25) is 0 Å². The van der Waals surface area contributed by atoms with Gasteiger partial charge in [0.05, 0.1) is 0 Å². The molecule has 0 radical (unpaired) electrons. The minimum atomic E-state index is -1.61. The molecule has 0 heterocycles. The van der Waals surface area contributed by atoms with Crippen molar-refractivity contribution in [3.05, 3.63) is 0 Å². The van der Waals surface area contributed by atoms with Crippen molar-refractivity contribution in [1.82, 2.24) is 0 Å². The zero-order valence-corrected chi connectivity index (χ0v) is 8.21. The molecule has 4 heteroatoms. The molecule has 0 aromatic carbocycles. The molecule has 0 spiro atoms. The summed E-state index contributed by atoms with van der Waals surface area (Å²) in [7, 11) is 4.62. The zero-order chi connectivity index (χ0) is 2.71. The number of hydrogen-bond donors (Lipinski definition) is 0. The van der Waals surface area contributed by atoms with E-state index in [1.54, 1.807) is 0 Å². The molecule has 0 amide bonds. The molecule has 0 aromatic rings. The number of halogens is 2. The molecule has 0 bridgehead atoms. The van der Waals surface area contributed by atoms with Crippen LogP contribution in [0.1, 0.15) is 0 Å². The average molecular weight is 388 g/mol. The summed E-state index contributed by atoms with van der Waals surface area (Å²) in [4.78, 5) is 0. The Morgan fingerprint density at radius 1 is 1.75 bits per heavy atom. The van der Waals surface area contributed by atoms with E-state index in [1.165, 1.54) is 0 Å². The molecular formula is HBiClIO. The van der Waals surface area contributed by atoms with E-state index >= 15 is 0 Å². The maximum atomic E-state index is 8.88. The molecule has 0 aliphatic rings. The van der Waals surface area contributed by atoms with Crippen LogP contribution in [-0.2, 0) is 2.81 Å². The summed E-state index contributed by atoms with van der Waals surface area (Å²) in [5, 5.41) is 0. The van der Waals surface area contributed by atoms with E-state index in [2.05, 4.69) is 8.51 Å². The van der Waals surface area contributed by atoms with E-state index < -0.39 is 22.0 Å². The van der Waals surface area contributed by atoms with Crippen LogP contribution in [-0.4, -0.2) is 22.0 Å². The van der Waals surface area contributed by atoms with Crippen LogP contribution >= 0.6 is 32.5 Å². The second-order valence-electron chi connectivity index (χ2n) is 0.0690. The van der Waals surface area contributed by atoms with Gasteiger partial charge in [-0.1, -0.05) is 0 Å². The SMILES string of the molecule is I.[O]=[Bi][Cl]. The second-order valence-corrected chi connectivity index (χ2v) is 1.82. The Morgan fingerprint density at radius 3 is 1.75 bits per heavy atom. The fourth-order valence-corrected chi connectivity index (χ4v) is 0. The first kappa shape index (κ1) is 9.20. The van der Waals surface area contributed by atoms with Gasteiger partial charge in [0.25, 0.3) is 0 Å². The Kier molecular flexibility index (Phi) is 20.3. The van der Waals surface area contributed by atoms with Crippen LogP contribution in [0.25, 0.3) is 0 Å². The van der Waals surface area contributed by atoms with Crippen molar-refractivity contribution < 1.29 is 2.81 Å². The van der Waals surface area contributed by atoms with Crippen molar-refractivity contribution >= 4 is 54.5 Å². The fraction of sp³-hybridized carbons (Fsp3) is 0. The number of rotatable bonds is 0. The van der Waals surface area contributed by atoms with Crippen LogP contribution in [0.2, 0.25) is 0 Å². The van der Waals surface area contributed by atoms with Crippen molar-refractivity contribution in [3.8, 4) is 0 Å². The summed E-state index contributed by atoms with van der Waals surface area (Å²) in [6.07, 6.45) is 0. The topological polar surface area (TPSA) is 17.1 Å². The minimum absolute atomic E-state index is 0. The molecule has 1 nitrogen and oxygen atoms in total. The molecule has 4 heavy (non-hydrogen) atoms. The monoisotopic (exact) mass is 388 g/mol. The summed E-state index contributed by atoms with van der Waals surface area (Å²) in [5.41, 5.74) is 0. The van der Waals surface area contributed by atoms with Crippen molar-refractivity contribution in [3.63, 3.8) is 0 Å². The molecule has 0 unspecified atom stereocenters. The molecule has 0 atom stereocenters. The zero-order valence-electron chi connectivity index (χ0n) is 1.64. The van der Waals surface area contributed by atoms with Crippen LogP contribution in [0.15, 0.2) is 0 Å². The van der Waals surface area contributed by atoms with Crippen LogP contribution in [0.3, 0.4) is 0 Å². The summed E-state index contributed by atoms with van der Waals surface area (Å²) in [5.74, 6) is 0. The normalized spacial score (nSPS) is 3.25. The van der Waals surface area contributed by atoms with Gasteiger partial charge in [0.1, 0.15) is 0 Å². The van der Waals surface area contributed by atoms with Gasteiger partial charge >= 0.3 is 33.4 Å². The van der Waals surface area contributed by atoms with Gasteiger partial charge in [-0.25, -0.2) is 0 Å². The van der Waals surface area contributed by atoms with Crippen LogP contribution in [0.5, 0.6) is 0 Å². The molecule has 26 valence electrons. The Bertz CT molecular complexity index is 15.5. The Labute approximate surface area is 56.7 Å². The van der Waals surface area contributed by atoms with E-state index in [-0.39, 0.29) is 24.0 Å². The van der Waals surface area contributed by atoms with Gasteiger partial charge < -0.3 is 0 Å². The Hall–Kier alpha value is 1.70. The van der Waals surface area contributed by atoms with E-state index in [0.29, 0.717) is 0 Å². The molecule has 0 saturated heterocycles. The van der Waals surface area contributed by atoms with Gasteiger partial charge in [-0.3, -0.25) is 0 Å². The molecule has 0 N–H and O–H groups in total. The van der Waals surface area contributed by atoms with Gasteiger partial charge in [-0.05, 0) is 0 Å². The van der Waals surface area contributed by atoms with Crippen LogP contribution < -0.4 is 0 Å². The number of hydrogen-bond acceptors (Lipinski definition) is 1. The fourth-order valence-electron chi connectivity index (χ4n) is 0. The Balaban J connectivity index is 0. The standard InChI is InChI=1S/Bi.ClH.HI.O/h;2*1H;/q+1;;;/p-1. The van der Waals surface area contributed by atoms with E-state index in [4.69, 9.17) is 2.81 Å². The summed E-state index contributed by atoms with van der Waals surface area (Å²) < 4.78 is 8.88. The third kappa shape index (κ3) is 9.33. The van der Waals surface area contributed by atoms with Crippen molar-refractivity contribution in [2.45, 2.75) is 0 Å². The van der Waals surface area contributed by atoms with Crippen molar-refractivity contribution in [1.29, 1.82) is 0 Å². The summed E-state index contributed by atoms with van der Waals surface area (Å²) in [6.45, 7) is 0. The first-order valence-electron chi connectivity index (χ1n) is 0.352. The summed E-state index contributed by atoms with van der Waals surface area (Å²) in [6, 6.07) is 0. The van der Waals surface area contributed by atoms with E-state index in [0.717, 1.165) is 0 Å². The average Bonchev–Trinajstić information content (AvgIpc) is 0.918. The molecular weight excluding hydrogens is 387 g/mol. The quantitative estimate of drug-likeness (QED) is 0.444. The molecule has 0 aliphatic carbocycles. The Morgan fingerprint density at radius 2 is 1.75 bits per heavy atom. The van der Waals surface area contributed by atoms with Gasteiger partial charge in [0.15, 0.2) is 0 Å². The maximum absolute atomic E-state index is 8.88. The van der Waals surface area contributed by atoms with Gasteiger partial charge in [0, 0.05) is 0 Å². The van der Waals surface area contributed by atoms with Crippen molar-refractivity contribution in [2.24, 2.45) is 0 Å². The first-order valence-corrected chi connectivity index (χ1v) is 6.05. The predicted molar refractivity (Wildman–Crippen MR) is 27.7 cm³/mol. The van der Waals surface area contributed by atoms with E-state index in [9.17, 15) is 0 Å². The van der Waals surface area contributed by atoms with E-state index in [1.807, 2.05) is 0 Å². The molecule has 0 saturated carbocycles. The third-order valence-electron chi connectivity index (χ3n) is 0. The first-order chi connectivity index (χ1) is 1.41. The van der Waals surface area contributed by atoms with Gasteiger partial charge in [-0.2, -0.15) is 0 Å². The summed E-state index contributed by atoms with van der Waals surface area (Å²) >= 11 is -1.61. The molecule has 0 aliphatic heterocycles.